The van der Waals surface area contributed by atoms with Crippen LogP contribution in [0.25, 0.3) is 0 Å². The minimum absolute atomic E-state index is 0.0567. The summed E-state index contributed by atoms with van der Waals surface area (Å²) in [5, 5.41) is -1.11. The van der Waals surface area contributed by atoms with E-state index in [-0.39, 0.29) is 15.4 Å². The van der Waals surface area contributed by atoms with E-state index in [4.69, 9.17) is 5.73 Å². The summed E-state index contributed by atoms with van der Waals surface area (Å²) in [6.07, 6.45) is 0. The predicted octanol–water partition coefficient (Wildman–Crippen LogP) is 1.57. The maximum Gasteiger partial charge on any atom is 0.186 e. The Kier molecular flexibility index (Phi) is 3.07. The van der Waals surface area contributed by atoms with Gasteiger partial charge in [0.1, 0.15) is 5.25 Å². The predicted molar refractivity (Wildman–Crippen MR) is 79.3 cm³/mol. The molecule has 0 bridgehead atoms. The summed E-state index contributed by atoms with van der Waals surface area (Å²) in [5.74, 6) is -0.441. The molecule has 3 rings (SSSR count). The Labute approximate surface area is 123 Å². The van der Waals surface area contributed by atoms with Crippen molar-refractivity contribution in [2.24, 2.45) is 0 Å². The van der Waals surface area contributed by atoms with Crippen molar-refractivity contribution in [2.75, 3.05) is 11.5 Å². The zero-order chi connectivity index (χ0) is 15.3. The number of nitrogen functional groups attached to an aromatic ring is 1. The molecule has 0 fully saturated rings. The molecule has 5 nitrogen and oxygen atoms in total. The smallest absolute Gasteiger partial charge is 0.186 e. The van der Waals surface area contributed by atoms with Crippen LogP contribution in [0.4, 0.5) is 5.69 Å². The van der Waals surface area contributed by atoms with Gasteiger partial charge < -0.3 is 5.73 Å². The Bertz CT molecular complexity index is 903. The molecular formula is C14H13NO4S2. The van der Waals surface area contributed by atoms with Crippen molar-refractivity contribution in [3.63, 3.8) is 0 Å². The van der Waals surface area contributed by atoms with Gasteiger partial charge in [0, 0.05) is 5.69 Å². The van der Waals surface area contributed by atoms with Gasteiger partial charge >= 0.3 is 0 Å². The summed E-state index contributed by atoms with van der Waals surface area (Å²) in [6, 6.07) is 12.1. The van der Waals surface area contributed by atoms with Crippen molar-refractivity contribution >= 4 is 25.4 Å². The molecule has 1 aliphatic rings. The zero-order valence-corrected chi connectivity index (χ0v) is 12.6. The van der Waals surface area contributed by atoms with E-state index in [1.807, 2.05) is 0 Å². The van der Waals surface area contributed by atoms with Crippen molar-refractivity contribution in [3.8, 4) is 0 Å². The maximum absolute atomic E-state index is 12.7. The molecule has 0 aromatic heterocycles. The van der Waals surface area contributed by atoms with Gasteiger partial charge in [0.05, 0.1) is 15.5 Å². The molecule has 2 aromatic carbocycles. The molecule has 0 saturated heterocycles. The van der Waals surface area contributed by atoms with Gasteiger partial charge in [-0.15, -0.1) is 0 Å². The maximum atomic E-state index is 12.7. The van der Waals surface area contributed by atoms with Gasteiger partial charge in [-0.05, 0) is 35.9 Å². The Morgan fingerprint density at radius 3 is 2.38 bits per heavy atom. The molecule has 21 heavy (non-hydrogen) atoms. The second kappa shape index (κ2) is 4.57. The van der Waals surface area contributed by atoms with Gasteiger partial charge in [-0.2, -0.15) is 0 Å². The van der Waals surface area contributed by atoms with E-state index < -0.39 is 30.7 Å². The molecular weight excluding hydrogens is 310 g/mol. The summed E-state index contributed by atoms with van der Waals surface area (Å²) >= 11 is 0. The van der Waals surface area contributed by atoms with Crippen LogP contribution >= 0.6 is 0 Å². The van der Waals surface area contributed by atoms with Crippen LogP contribution in [-0.4, -0.2) is 22.6 Å². The molecule has 2 aromatic rings. The fourth-order valence-electron chi connectivity index (χ4n) is 2.51. The second-order valence-electron chi connectivity index (χ2n) is 4.93. The molecule has 7 heteroatoms. The van der Waals surface area contributed by atoms with Crippen molar-refractivity contribution in [1.29, 1.82) is 0 Å². The number of sulfone groups is 2. The molecule has 0 saturated carbocycles. The highest BCUT2D eigenvalue weighted by molar-refractivity contribution is 7.96. The third kappa shape index (κ3) is 2.22. The number of hydrogen-bond donors (Lipinski definition) is 1. The normalized spacial score (nSPS) is 20.1. The monoisotopic (exact) mass is 323 g/mol. The largest absolute Gasteiger partial charge is 0.399 e. The van der Waals surface area contributed by atoms with Gasteiger partial charge in [0.15, 0.2) is 19.7 Å². The molecule has 0 aliphatic carbocycles. The number of rotatable bonds is 2. The minimum atomic E-state index is -3.77. The Balaban J connectivity index is 2.21. The Hall–Kier alpha value is -1.86. The highest BCUT2D eigenvalue weighted by atomic mass is 32.2. The highest BCUT2D eigenvalue weighted by Gasteiger charge is 2.42. The summed E-state index contributed by atoms with van der Waals surface area (Å²) in [6.45, 7) is 0. The fourth-order valence-corrected chi connectivity index (χ4v) is 6.83. The van der Waals surface area contributed by atoms with Crippen LogP contribution in [0.15, 0.2) is 58.3 Å². The summed E-state index contributed by atoms with van der Waals surface area (Å²) in [5.41, 5.74) is 6.28. The zero-order valence-electron chi connectivity index (χ0n) is 10.9. The van der Waals surface area contributed by atoms with Crippen molar-refractivity contribution in [1.82, 2.24) is 0 Å². The van der Waals surface area contributed by atoms with Crippen molar-refractivity contribution in [2.45, 2.75) is 15.0 Å². The van der Waals surface area contributed by atoms with Crippen LogP contribution in [-0.2, 0) is 19.7 Å². The van der Waals surface area contributed by atoms with Gasteiger partial charge in [-0.3, -0.25) is 0 Å². The Morgan fingerprint density at radius 2 is 1.71 bits per heavy atom. The Morgan fingerprint density at radius 1 is 1.05 bits per heavy atom. The first kappa shape index (κ1) is 14.1. The lowest BCUT2D eigenvalue weighted by Gasteiger charge is -2.12. The van der Waals surface area contributed by atoms with Crippen LogP contribution in [0.3, 0.4) is 0 Å². The van der Waals surface area contributed by atoms with Crippen LogP contribution in [0.1, 0.15) is 10.8 Å². The molecule has 1 heterocycles. The molecule has 0 spiro atoms. The molecule has 1 aliphatic heterocycles. The van der Waals surface area contributed by atoms with E-state index in [0.717, 1.165) is 0 Å². The van der Waals surface area contributed by atoms with Crippen LogP contribution in [0.2, 0.25) is 0 Å². The molecule has 2 N–H and O–H groups in total. The quantitative estimate of drug-likeness (QED) is 0.847. The molecule has 0 amide bonds. The lowest BCUT2D eigenvalue weighted by atomic mass is 10.1. The van der Waals surface area contributed by atoms with E-state index in [1.54, 1.807) is 18.2 Å². The first-order valence-corrected chi connectivity index (χ1v) is 9.43. The fraction of sp³-hybridized carbons (Fsp3) is 0.143. The van der Waals surface area contributed by atoms with Crippen molar-refractivity contribution in [3.05, 3.63) is 54.1 Å². The van der Waals surface area contributed by atoms with E-state index in [1.165, 1.54) is 30.3 Å². The van der Waals surface area contributed by atoms with E-state index >= 15 is 0 Å². The molecule has 0 radical (unpaired) electrons. The topological polar surface area (TPSA) is 94.3 Å². The number of benzene rings is 2. The van der Waals surface area contributed by atoms with Gasteiger partial charge in [-0.25, -0.2) is 16.8 Å². The van der Waals surface area contributed by atoms with Crippen molar-refractivity contribution < 1.29 is 16.8 Å². The number of fused-ring (bicyclic) bond motifs is 1. The standard InChI is InChI=1S/C14H13NO4S2/c15-10-6-7-13-12(8-10)14(9-20(13,16)17)21(18,19)11-4-2-1-3-5-11/h1-8,14H,9,15H2. The number of hydrogen-bond acceptors (Lipinski definition) is 5. The molecule has 110 valence electrons. The summed E-state index contributed by atoms with van der Waals surface area (Å²) in [4.78, 5) is 0.168. The number of nitrogens with two attached hydrogens (primary N) is 1. The lowest BCUT2D eigenvalue weighted by molar-refractivity contribution is 0.582. The van der Waals surface area contributed by atoms with Gasteiger partial charge in [0.25, 0.3) is 0 Å². The summed E-state index contributed by atoms with van der Waals surface area (Å²) in [7, 11) is -7.37. The van der Waals surface area contributed by atoms with E-state index in [0.29, 0.717) is 5.69 Å². The first-order valence-electron chi connectivity index (χ1n) is 6.23. The first-order chi connectivity index (χ1) is 9.82. The lowest BCUT2D eigenvalue weighted by Crippen LogP contribution is -2.15. The second-order valence-corrected chi connectivity index (χ2v) is 9.06. The van der Waals surface area contributed by atoms with Crippen LogP contribution in [0, 0.1) is 0 Å². The van der Waals surface area contributed by atoms with E-state index in [2.05, 4.69) is 0 Å². The average molecular weight is 323 g/mol. The van der Waals surface area contributed by atoms with Crippen LogP contribution in [0.5, 0.6) is 0 Å². The van der Waals surface area contributed by atoms with Gasteiger partial charge in [-0.1, -0.05) is 18.2 Å². The third-order valence-corrected chi connectivity index (χ3v) is 7.66. The molecule has 1 unspecified atom stereocenters. The van der Waals surface area contributed by atoms with Crippen LogP contribution < -0.4 is 5.73 Å². The summed E-state index contributed by atoms with van der Waals surface area (Å²) < 4.78 is 49.7. The van der Waals surface area contributed by atoms with E-state index in [9.17, 15) is 16.8 Å². The highest BCUT2D eigenvalue weighted by Crippen LogP contribution is 2.41. The SMILES string of the molecule is Nc1ccc2c(c1)C(S(=O)(=O)c1ccccc1)CS2(=O)=O. The third-order valence-electron chi connectivity index (χ3n) is 3.53. The molecule has 1 atom stereocenters. The van der Waals surface area contributed by atoms with Gasteiger partial charge in [0.2, 0.25) is 0 Å². The average Bonchev–Trinajstić information content (AvgIpc) is 2.71. The minimum Gasteiger partial charge on any atom is -0.399 e. The number of anilines is 1.